The maximum absolute atomic E-state index is 12.6. The summed E-state index contributed by atoms with van der Waals surface area (Å²) < 4.78 is 16.0. The van der Waals surface area contributed by atoms with Gasteiger partial charge >= 0.3 is 11.9 Å². The van der Waals surface area contributed by atoms with Gasteiger partial charge in [0, 0.05) is 24.3 Å². The van der Waals surface area contributed by atoms with Crippen molar-refractivity contribution in [2.75, 3.05) is 30.0 Å². The summed E-state index contributed by atoms with van der Waals surface area (Å²) in [5.74, 6) is -1.16. The van der Waals surface area contributed by atoms with Crippen LogP contribution in [0.4, 0.5) is 11.4 Å². The number of hydrogen-bond donors (Lipinski definition) is 1. The Bertz CT molecular complexity index is 1390. The Morgan fingerprint density at radius 1 is 0.878 bits per heavy atom. The van der Waals surface area contributed by atoms with Crippen molar-refractivity contribution in [3.05, 3.63) is 83.9 Å². The monoisotopic (exact) mass is 558 g/mol. The van der Waals surface area contributed by atoms with Crippen molar-refractivity contribution < 1.29 is 33.4 Å². The van der Waals surface area contributed by atoms with Crippen LogP contribution in [0.1, 0.15) is 50.0 Å². The highest BCUT2D eigenvalue weighted by Gasteiger charge is 2.36. The van der Waals surface area contributed by atoms with E-state index >= 15 is 0 Å². The van der Waals surface area contributed by atoms with E-state index in [9.17, 15) is 19.2 Å². The van der Waals surface area contributed by atoms with Crippen molar-refractivity contribution in [2.45, 2.75) is 39.5 Å². The first kappa shape index (κ1) is 29.3. The van der Waals surface area contributed by atoms with E-state index in [0.717, 1.165) is 0 Å². The van der Waals surface area contributed by atoms with E-state index in [4.69, 9.17) is 14.2 Å². The molecule has 0 unspecified atom stereocenters. The minimum absolute atomic E-state index is 0.00580. The molecule has 2 amide bonds. The van der Waals surface area contributed by atoms with Gasteiger partial charge in [-0.3, -0.25) is 14.4 Å². The minimum atomic E-state index is -0.684. The van der Waals surface area contributed by atoms with Gasteiger partial charge in [-0.05, 0) is 78.6 Å². The Kier molecular flexibility index (Phi) is 9.07. The van der Waals surface area contributed by atoms with E-state index < -0.39 is 30.4 Å². The van der Waals surface area contributed by atoms with Crippen molar-refractivity contribution in [3.63, 3.8) is 0 Å². The fraction of sp³-hybridized carbons (Fsp3) is 0.312. The van der Waals surface area contributed by atoms with Crippen LogP contribution in [0.5, 0.6) is 11.5 Å². The van der Waals surface area contributed by atoms with Gasteiger partial charge in [0.15, 0.2) is 6.61 Å². The third-order valence-electron chi connectivity index (χ3n) is 6.59. The number of rotatable bonds is 9. The van der Waals surface area contributed by atoms with Crippen molar-refractivity contribution in [1.82, 2.24) is 0 Å². The van der Waals surface area contributed by atoms with Gasteiger partial charge in [0.2, 0.25) is 5.91 Å². The van der Waals surface area contributed by atoms with Crippen molar-refractivity contribution >= 4 is 35.1 Å². The summed E-state index contributed by atoms with van der Waals surface area (Å²) in [6.07, 6.45) is -0.00580. The zero-order chi connectivity index (χ0) is 29.6. The smallest absolute Gasteiger partial charge is 0.338 e. The lowest BCUT2D eigenvalue weighted by atomic mass is 9.87. The van der Waals surface area contributed by atoms with Gasteiger partial charge in [-0.15, -0.1) is 0 Å². The maximum atomic E-state index is 12.6. The fourth-order valence-electron chi connectivity index (χ4n) is 4.32. The molecule has 3 aromatic rings. The van der Waals surface area contributed by atoms with Crippen molar-refractivity contribution in [2.24, 2.45) is 5.92 Å². The molecule has 9 heteroatoms. The first-order valence-electron chi connectivity index (χ1n) is 13.5. The number of ether oxygens (including phenoxy) is 3. The maximum Gasteiger partial charge on any atom is 0.338 e. The molecule has 0 saturated carbocycles. The summed E-state index contributed by atoms with van der Waals surface area (Å²) in [5.41, 5.74) is 2.71. The Labute approximate surface area is 239 Å². The summed E-state index contributed by atoms with van der Waals surface area (Å²) >= 11 is 0. The zero-order valence-corrected chi connectivity index (χ0v) is 23.6. The predicted octanol–water partition coefficient (Wildman–Crippen LogP) is 5.49. The first-order valence-corrected chi connectivity index (χ1v) is 13.5. The number of nitrogens with zero attached hydrogens (tertiary/aromatic N) is 1. The molecule has 4 rings (SSSR count). The van der Waals surface area contributed by atoms with Crippen LogP contribution in [0, 0.1) is 5.92 Å². The van der Waals surface area contributed by atoms with Gasteiger partial charge in [-0.25, -0.2) is 4.79 Å². The Morgan fingerprint density at radius 3 is 2.07 bits per heavy atom. The van der Waals surface area contributed by atoms with E-state index in [1.165, 1.54) is 22.6 Å². The summed E-state index contributed by atoms with van der Waals surface area (Å²) in [6.45, 7) is 8.10. The molecule has 3 aromatic carbocycles. The van der Waals surface area contributed by atoms with Gasteiger partial charge in [0.1, 0.15) is 11.5 Å². The van der Waals surface area contributed by atoms with Crippen LogP contribution < -0.4 is 15.0 Å². The lowest BCUT2D eigenvalue weighted by Crippen LogP contribution is -2.28. The topological polar surface area (TPSA) is 111 Å². The summed E-state index contributed by atoms with van der Waals surface area (Å²) in [7, 11) is 0. The van der Waals surface area contributed by atoms with Crippen LogP contribution in [0.3, 0.4) is 0 Å². The first-order chi connectivity index (χ1) is 19.5. The predicted molar refractivity (Wildman–Crippen MR) is 154 cm³/mol. The molecule has 1 aliphatic heterocycles. The standard InChI is InChI=1S/C32H34N2O7/c1-5-39-30(37)21-6-10-24(11-7-21)33-28(35)20-40-31(38)22-18-29(36)34(19-22)25-12-16-27(17-13-25)41-26-14-8-23(9-15-26)32(2,3)4/h6-17,22H,5,18-20H2,1-4H3,(H,33,35)/t22-/m0/s1. The van der Waals surface area contributed by atoms with Crippen LogP contribution in [0.25, 0.3) is 0 Å². The molecule has 1 N–H and O–H groups in total. The molecule has 0 radical (unpaired) electrons. The van der Waals surface area contributed by atoms with Crippen LogP contribution >= 0.6 is 0 Å². The third kappa shape index (κ3) is 7.72. The van der Waals surface area contributed by atoms with Crippen LogP contribution in [0.2, 0.25) is 0 Å². The molecule has 0 spiro atoms. The Morgan fingerprint density at radius 2 is 1.49 bits per heavy atom. The van der Waals surface area contributed by atoms with Crippen LogP contribution in [0.15, 0.2) is 72.8 Å². The normalized spacial score (nSPS) is 14.9. The van der Waals surface area contributed by atoms with E-state index in [1.54, 1.807) is 43.3 Å². The number of nitrogens with one attached hydrogen (secondary N) is 1. The lowest BCUT2D eigenvalue weighted by Gasteiger charge is -2.19. The summed E-state index contributed by atoms with van der Waals surface area (Å²) in [5, 5.41) is 2.60. The largest absolute Gasteiger partial charge is 0.462 e. The molecule has 1 aliphatic rings. The number of hydrogen-bond acceptors (Lipinski definition) is 7. The fourth-order valence-corrected chi connectivity index (χ4v) is 4.32. The molecular formula is C32H34N2O7. The van der Waals surface area contributed by atoms with Gasteiger partial charge in [-0.2, -0.15) is 0 Å². The molecule has 9 nitrogen and oxygen atoms in total. The van der Waals surface area contributed by atoms with Crippen molar-refractivity contribution in [3.8, 4) is 11.5 Å². The number of carbonyl (C=O) groups excluding carboxylic acids is 4. The Hall–Kier alpha value is -4.66. The second kappa shape index (κ2) is 12.7. The molecule has 0 bridgehead atoms. The zero-order valence-electron chi connectivity index (χ0n) is 23.6. The molecule has 1 saturated heterocycles. The summed E-state index contributed by atoms with van der Waals surface area (Å²) in [4.78, 5) is 50.8. The minimum Gasteiger partial charge on any atom is -0.462 e. The molecule has 1 atom stereocenters. The molecule has 0 aliphatic carbocycles. The van der Waals surface area contributed by atoms with Gasteiger partial charge in [0.25, 0.3) is 5.91 Å². The average molecular weight is 559 g/mol. The third-order valence-corrected chi connectivity index (χ3v) is 6.59. The highest BCUT2D eigenvalue weighted by Crippen LogP contribution is 2.30. The molecule has 41 heavy (non-hydrogen) atoms. The highest BCUT2D eigenvalue weighted by atomic mass is 16.5. The van der Waals surface area contributed by atoms with Gasteiger partial charge in [0.05, 0.1) is 18.1 Å². The summed E-state index contributed by atoms with van der Waals surface area (Å²) in [6, 6.07) is 21.2. The number of esters is 2. The van der Waals surface area contributed by atoms with Gasteiger partial charge in [-0.1, -0.05) is 32.9 Å². The molecule has 1 heterocycles. The molecule has 214 valence electrons. The number of anilines is 2. The van der Waals surface area contributed by atoms with Gasteiger partial charge < -0.3 is 24.4 Å². The molecular weight excluding hydrogens is 524 g/mol. The SMILES string of the molecule is CCOC(=O)c1ccc(NC(=O)COC(=O)[C@H]2CC(=O)N(c3ccc(Oc4ccc(C(C)(C)C)cc4)cc3)C2)cc1. The highest BCUT2D eigenvalue weighted by molar-refractivity contribution is 6.00. The van der Waals surface area contributed by atoms with Crippen LogP contribution in [-0.4, -0.2) is 43.5 Å². The second-order valence-corrected chi connectivity index (χ2v) is 10.7. The van der Waals surface area contributed by atoms with Crippen LogP contribution in [-0.2, 0) is 29.3 Å². The lowest BCUT2D eigenvalue weighted by molar-refractivity contribution is -0.151. The van der Waals surface area contributed by atoms with Crippen molar-refractivity contribution in [1.29, 1.82) is 0 Å². The Balaban J connectivity index is 1.26. The average Bonchev–Trinajstić information content (AvgIpc) is 3.34. The second-order valence-electron chi connectivity index (χ2n) is 10.7. The number of amides is 2. The van der Waals surface area contributed by atoms with E-state index in [-0.39, 0.29) is 30.9 Å². The quantitative estimate of drug-likeness (QED) is 0.346. The number of benzene rings is 3. The van der Waals surface area contributed by atoms with E-state index in [2.05, 4.69) is 26.1 Å². The van der Waals surface area contributed by atoms with E-state index in [1.807, 2.05) is 24.3 Å². The van der Waals surface area contributed by atoms with E-state index in [0.29, 0.717) is 28.4 Å². The number of carbonyl (C=O) groups is 4. The molecule has 0 aromatic heterocycles. The molecule has 1 fully saturated rings.